The van der Waals surface area contributed by atoms with Gasteiger partial charge in [0, 0.05) is 23.3 Å². The number of hydrogen-bond acceptors (Lipinski definition) is 3. The van der Waals surface area contributed by atoms with Crippen LogP contribution in [0.4, 0.5) is 13.2 Å². The van der Waals surface area contributed by atoms with Gasteiger partial charge in [-0.3, -0.25) is 9.78 Å². The second kappa shape index (κ2) is 5.57. The number of nitrogens with zero attached hydrogens (tertiary/aromatic N) is 1. The number of rotatable bonds is 3. The molecule has 0 aliphatic carbocycles. The fraction of sp³-hybridized carbons (Fsp3) is 0.333. The fourth-order valence-electron chi connectivity index (χ4n) is 2.07. The van der Waals surface area contributed by atoms with Gasteiger partial charge in [-0.2, -0.15) is 13.2 Å². The van der Waals surface area contributed by atoms with Gasteiger partial charge in [-0.25, -0.2) is 0 Å². The lowest BCUT2D eigenvalue weighted by atomic mass is 9.96. The number of pyridine rings is 1. The van der Waals surface area contributed by atoms with Crippen molar-refractivity contribution in [3.63, 3.8) is 0 Å². The number of aliphatic hydroxyl groups is 1. The average molecular weight is 312 g/mol. The third-order valence-corrected chi connectivity index (χ3v) is 3.33. The molecule has 2 aromatic rings. The monoisotopic (exact) mass is 312 g/mol. The van der Waals surface area contributed by atoms with Crippen LogP contribution >= 0.6 is 0 Å². The van der Waals surface area contributed by atoms with Crippen molar-refractivity contribution in [3.8, 4) is 0 Å². The van der Waals surface area contributed by atoms with Gasteiger partial charge in [-0.1, -0.05) is 6.07 Å². The van der Waals surface area contributed by atoms with Crippen molar-refractivity contribution in [1.29, 1.82) is 0 Å². The molecule has 7 heteroatoms. The van der Waals surface area contributed by atoms with Crippen LogP contribution < -0.4 is 5.32 Å². The first-order chi connectivity index (χ1) is 10.1. The van der Waals surface area contributed by atoms with Gasteiger partial charge in [0.25, 0.3) is 5.91 Å². The summed E-state index contributed by atoms with van der Waals surface area (Å²) in [5.74, 6) is -0.695. The number of benzene rings is 1. The molecule has 0 aliphatic heterocycles. The number of fused-ring (bicyclic) bond motifs is 1. The highest BCUT2D eigenvalue weighted by Crippen LogP contribution is 2.28. The molecular weight excluding hydrogens is 297 g/mol. The summed E-state index contributed by atoms with van der Waals surface area (Å²) in [7, 11) is 0. The molecule has 1 heterocycles. The molecule has 0 aliphatic rings. The van der Waals surface area contributed by atoms with Gasteiger partial charge in [0.15, 0.2) is 6.10 Å². The highest BCUT2D eigenvalue weighted by atomic mass is 19.4. The van der Waals surface area contributed by atoms with E-state index in [0.717, 1.165) is 19.2 Å². The van der Waals surface area contributed by atoms with E-state index in [9.17, 15) is 23.1 Å². The first-order valence-electron chi connectivity index (χ1n) is 6.52. The molecule has 0 saturated heterocycles. The summed E-state index contributed by atoms with van der Waals surface area (Å²) in [5, 5.41) is 13.1. The van der Waals surface area contributed by atoms with E-state index in [1.54, 1.807) is 24.5 Å². The van der Waals surface area contributed by atoms with Gasteiger partial charge < -0.3 is 10.4 Å². The predicted octanol–water partition coefficient (Wildman–Crippen LogP) is 2.67. The third kappa shape index (κ3) is 3.36. The van der Waals surface area contributed by atoms with Crippen LogP contribution in [0.3, 0.4) is 0 Å². The summed E-state index contributed by atoms with van der Waals surface area (Å²) in [4.78, 5) is 16.1. The minimum absolute atomic E-state index is 0.197. The van der Waals surface area contributed by atoms with E-state index in [1.165, 1.54) is 12.1 Å². The van der Waals surface area contributed by atoms with E-state index in [4.69, 9.17) is 0 Å². The maximum Gasteiger partial charge on any atom is 0.416 e. The van der Waals surface area contributed by atoms with Gasteiger partial charge in [0.2, 0.25) is 0 Å². The first kappa shape index (κ1) is 16.2. The summed E-state index contributed by atoms with van der Waals surface area (Å²) in [5.41, 5.74) is -1.65. The quantitative estimate of drug-likeness (QED) is 0.916. The predicted molar refractivity (Wildman–Crippen MR) is 75.4 cm³/mol. The minimum Gasteiger partial charge on any atom is -0.382 e. The Morgan fingerprint density at radius 1 is 1.23 bits per heavy atom. The zero-order valence-corrected chi connectivity index (χ0v) is 12.0. The van der Waals surface area contributed by atoms with Crippen molar-refractivity contribution in [2.75, 3.05) is 0 Å². The number of hydrogen-bond donors (Lipinski definition) is 2. The van der Waals surface area contributed by atoms with Gasteiger partial charge in [0.1, 0.15) is 0 Å². The maximum absolute atomic E-state index is 12.6. The Kier molecular flexibility index (Phi) is 4.10. The van der Waals surface area contributed by atoms with Gasteiger partial charge >= 0.3 is 6.18 Å². The Balaban J connectivity index is 2.23. The number of aliphatic hydroxyl groups excluding tert-OH is 1. The van der Waals surface area contributed by atoms with E-state index >= 15 is 0 Å². The first-order valence-corrected chi connectivity index (χ1v) is 6.52. The lowest BCUT2D eigenvalue weighted by Crippen LogP contribution is -2.57. The molecule has 4 nitrogen and oxygen atoms in total. The zero-order valence-electron chi connectivity index (χ0n) is 12.0. The Morgan fingerprint density at radius 3 is 2.55 bits per heavy atom. The van der Waals surface area contributed by atoms with E-state index in [1.807, 2.05) is 0 Å². The standard InChI is InChI=1S/C15H15F3N2O2/c1-14(2,13(22)15(16,17)18)20-12(21)10-4-3-9-5-6-19-8-11(9)7-10/h3-8,13,22H,1-2H3,(H,20,21). The highest BCUT2D eigenvalue weighted by molar-refractivity contribution is 5.98. The molecule has 2 N–H and O–H groups in total. The van der Waals surface area contributed by atoms with Crippen molar-refractivity contribution >= 4 is 16.7 Å². The van der Waals surface area contributed by atoms with Gasteiger partial charge in [0.05, 0.1) is 5.54 Å². The number of aromatic nitrogens is 1. The molecule has 118 valence electrons. The topological polar surface area (TPSA) is 62.2 Å². The number of nitrogens with one attached hydrogen (secondary N) is 1. The fourth-order valence-corrected chi connectivity index (χ4v) is 2.07. The lowest BCUT2D eigenvalue weighted by molar-refractivity contribution is -0.222. The van der Waals surface area contributed by atoms with Crippen LogP contribution in [0, 0.1) is 0 Å². The van der Waals surface area contributed by atoms with E-state index < -0.39 is 23.7 Å². The van der Waals surface area contributed by atoms with Crippen LogP contribution in [0.2, 0.25) is 0 Å². The second-order valence-corrected chi connectivity index (χ2v) is 5.56. The smallest absolute Gasteiger partial charge is 0.382 e. The van der Waals surface area contributed by atoms with Crippen LogP contribution in [0.5, 0.6) is 0 Å². The van der Waals surface area contributed by atoms with Crippen molar-refractivity contribution in [2.45, 2.75) is 31.7 Å². The summed E-state index contributed by atoms with van der Waals surface area (Å²) in [6, 6.07) is 6.48. The molecule has 1 atom stereocenters. The Labute approximate surface area is 125 Å². The van der Waals surface area contributed by atoms with Crippen LogP contribution in [0.1, 0.15) is 24.2 Å². The Bertz CT molecular complexity index is 698. The lowest BCUT2D eigenvalue weighted by Gasteiger charge is -2.32. The average Bonchev–Trinajstić information content (AvgIpc) is 2.44. The number of halogens is 3. The van der Waals surface area contributed by atoms with Crippen molar-refractivity contribution in [1.82, 2.24) is 10.3 Å². The molecule has 1 aromatic carbocycles. The summed E-state index contributed by atoms with van der Waals surface area (Å²) < 4.78 is 37.8. The molecule has 0 radical (unpaired) electrons. The van der Waals surface area contributed by atoms with Crippen molar-refractivity contribution < 1.29 is 23.1 Å². The number of carbonyl (C=O) groups is 1. The summed E-state index contributed by atoms with van der Waals surface area (Å²) in [6.45, 7) is 2.23. The highest BCUT2D eigenvalue weighted by Gasteiger charge is 2.48. The third-order valence-electron chi connectivity index (χ3n) is 3.33. The number of carbonyl (C=O) groups excluding carboxylic acids is 1. The van der Waals surface area contributed by atoms with Crippen molar-refractivity contribution in [3.05, 3.63) is 42.2 Å². The van der Waals surface area contributed by atoms with Crippen LogP contribution in [0.25, 0.3) is 10.8 Å². The molecule has 0 spiro atoms. The molecule has 1 aromatic heterocycles. The molecule has 0 fully saturated rings. The normalized spacial score (nSPS) is 13.9. The van der Waals surface area contributed by atoms with Gasteiger partial charge in [-0.15, -0.1) is 0 Å². The van der Waals surface area contributed by atoms with Gasteiger partial charge in [-0.05, 0) is 37.4 Å². The van der Waals surface area contributed by atoms with Crippen molar-refractivity contribution in [2.24, 2.45) is 0 Å². The molecule has 0 bridgehead atoms. The van der Waals surface area contributed by atoms with E-state index in [2.05, 4.69) is 10.3 Å². The molecule has 2 rings (SSSR count). The minimum atomic E-state index is -4.82. The van der Waals surface area contributed by atoms with Crippen LogP contribution in [0.15, 0.2) is 36.7 Å². The number of alkyl halides is 3. The SMILES string of the molecule is CC(C)(NC(=O)c1ccc2ccncc2c1)C(O)C(F)(F)F. The van der Waals surface area contributed by atoms with E-state index in [-0.39, 0.29) is 5.56 Å². The van der Waals surface area contributed by atoms with Crippen LogP contribution in [-0.2, 0) is 0 Å². The van der Waals surface area contributed by atoms with Crippen LogP contribution in [-0.4, -0.2) is 33.8 Å². The maximum atomic E-state index is 12.6. The molecule has 1 unspecified atom stereocenters. The largest absolute Gasteiger partial charge is 0.416 e. The molecular formula is C15H15F3N2O2. The zero-order chi connectivity index (χ0) is 16.5. The second-order valence-electron chi connectivity index (χ2n) is 5.56. The number of amides is 1. The Hall–Kier alpha value is -2.15. The molecule has 22 heavy (non-hydrogen) atoms. The summed E-state index contributed by atoms with van der Waals surface area (Å²) in [6.07, 6.45) is -4.32. The van der Waals surface area contributed by atoms with E-state index in [0.29, 0.717) is 5.39 Å². The summed E-state index contributed by atoms with van der Waals surface area (Å²) >= 11 is 0. The molecule has 1 amide bonds. The molecule has 0 saturated carbocycles. The Morgan fingerprint density at radius 2 is 1.91 bits per heavy atom.